The summed E-state index contributed by atoms with van der Waals surface area (Å²) in [4.78, 5) is 29.7. The van der Waals surface area contributed by atoms with Gasteiger partial charge in [-0.3, -0.25) is 14.5 Å². The molecular formula is C30H29FN2O6. The van der Waals surface area contributed by atoms with Crippen molar-refractivity contribution in [1.29, 1.82) is 0 Å². The molecule has 0 saturated heterocycles. The minimum absolute atomic E-state index is 0.00375. The molecule has 202 valence electrons. The molecule has 3 aliphatic rings. The molecule has 1 N–H and O–H groups in total. The number of rotatable bonds is 6. The van der Waals surface area contributed by atoms with Gasteiger partial charge in [0.05, 0.1) is 0 Å². The Morgan fingerprint density at radius 2 is 1.56 bits per heavy atom. The number of fused-ring (bicyclic) bond motifs is 2. The summed E-state index contributed by atoms with van der Waals surface area (Å²) < 4.78 is 36.9. The molecule has 6 rings (SSSR count). The molecule has 2 aliphatic heterocycles. The highest BCUT2D eigenvalue weighted by Crippen LogP contribution is 2.39. The van der Waals surface area contributed by atoms with Crippen LogP contribution < -0.4 is 29.2 Å². The van der Waals surface area contributed by atoms with Gasteiger partial charge in [0.15, 0.2) is 23.0 Å². The number of para-hydroxylation sites is 2. The van der Waals surface area contributed by atoms with E-state index in [1.807, 2.05) is 6.07 Å². The van der Waals surface area contributed by atoms with Crippen molar-refractivity contribution in [3.05, 3.63) is 78.1 Å². The number of halogens is 1. The lowest BCUT2D eigenvalue weighted by molar-refractivity contribution is -0.132. The molecule has 0 radical (unpaired) electrons. The predicted molar refractivity (Wildman–Crippen MR) is 141 cm³/mol. The van der Waals surface area contributed by atoms with Crippen molar-refractivity contribution in [2.24, 2.45) is 0 Å². The molecule has 0 unspecified atom stereocenters. The van der Waals surface area contributed by atoms with Crippen LogP contribution in [-0.4, -0.2) is 37.4 Å². The quantitative estimate of drug-likeness (QED) is 0.485. The molecule has 3 aromatic carbocycles. The minimum Gasteiger partial charge on any atom is -0.485 e. The van der Waals surface area contributed by atoms with Crippen molar-refractivity contribution in [2.75, 3.05) is 18.3 Å². The van der Waals surface area contributed by atoms with Gasteiger partial charge in [-0.05, 0) is 54.8 Å². The molecule has 1 fully saturated rings. The number of carbonyl (C=O) groups excluding carboxylic acids is 2. The Morgan fingerprint density at radius 1 is 0.846 bits per heavy atom. The normalized spacial score (nSPS) is 18.7. The second-order valence-corrected chi connectivity index (χ2v) is 9.91. The van der Waals surface area contributed by atoms with Crippen LogP contribution in [0.5, 0.6) is 23.0 Å². The summed E-state index contributed by atoms with van der Waals surface area (Å²) in [6.07, 6.45) is 3.92. The third-order valence-corrected chi connectivity index (χ3v) is 7.30. The monoisotopic (exact) mass is 532 g/mol. The number of anilines is 1. The van der Waals surface area contributed by atoms with E-state index in [1.165, 1.54) is 29.2 Å². The lowest BCUT2D eigenvalue weighted by atomic mass is 9.94. The van der Waals surface area contributed by atoms with Crippen LogP contribution in [0.25, 0.3) is 0 Å². The minimum atomic E-state index is -1.10. The zero-order valence-electron chi connectivity index (χ0n) is 21.3. The molecule has 39 heavy (non-hydrogen) atoms. The van der Waals surface area contributed by atoms with Gasteiger partial charge in [0, 0.05) is 17.8 Å². The Morgan fingerprint density at radius 3 is 2.36 bits per heavy atom. The van der Waals surface area contributed by atoms with Gasteiger partial charge in [0.2, 0.25) is 18.8 Å². The smallest absolute Gasteiger partial charge is 0.272 e. The van der Waals surface area contributed by atoms with Crippen molar-refractivity contribution in [2.45, 2.75) is 50.3 Å². The topological polar surface area (TPSA) is 86.3 Å². The number of benzene rings is 3. The van der Waals surface area contributed by atoms with Gasteiger partial charge >= 0.3 is 0 Å². The van der Waals surface area contributed by atoms with Crippen molar-refractivity contribution >= 4 is 17.5 Å². The average molecular weight is 533 g/mol. The fourth-order valence-electron chi connectivity index (χ4n) is 5.32. The van der Waals surface area contributed by atoms with E-state index < -0.39 is 23.9 Å². The van der Waals surface area contributed by atoms with E-state index in [1.54, 1.807) is 36.4 Å². The summed E-state index contributed by atoms with van der Waals surface area (Å²) in [6.45, 7) is 0.0317. The lowest BCUT2D eigenvalue weighted by Crippen LogP contribution is -2.52. The van der Waals surface area contributed by atoms with Gasteiger partial charge in [0.1, 0.15) is 18.5 Å². The Kier molecular flexibility index (Phi) is 6.96. The van der Waals surface area contributed by atoms with Gasteiger partial charge in [-0.2, -0.15) is 0 Å². The highest BCUT2D eigenvalue weighted by molar-refractivity contribution is 6.04. The van der Waals surface area contributed by atoms with Crippen LogP contribution in [-0.2, 0) is 9.59 Å². The van der Waals surface area contributed by atoms with E-state index >= 15 is 0 Å². The number of hydrogen-bond donors (Lipinski definition) is 1. The van der Waals surface area contributed by atoms with Crippen LogP contribution >= 0.6 is 0 Å². The van der Waals surface area contributed by atoms with Crippen LogP contribution in [0.4, 0.5) is 10.1 Å². The molecule has 2 atom stereocenters. The summed E-state index contributed by atoms with van der Waals surface area (Å²) in [5.74, 6) is 0.725. The number of amides is 2. The maximum absolute atomic E-state index is 14.3. The first-order valence-corrected chi connectivity index (χ1v) is 13.2. The molecule has 2 amide bonds. The number of hydrogen-bond acceptors (Lipinski definition) is 6. The van der Waals surface area contributed by atoms with Crippen molar-refractivity contribution in [1.82, 2.24) is 5.32 Å². The van der Waals surface area contributed by atoms with E-state index in [0.717, 1.165) is 32.1 Å². The lowest BCUT2D eigenvalue weighted by Gasteiger charge is -2.36. The molecule has 0 bridgehead atoms. The van der Waals surface area contributed by atoms with Crippen LogP contribution in [0.3, 0.4) is 0 Å². The van der Waals surface area contributed by atoms with Crippen LogP contribution in [0.2, 0.25) is 0 Å². The molecule has 0 aromatic heterocycles. The molecule has 1 aliphatic carbocycles. The third kappa shape index (κ3) is 5.21. The Bertz CT molecular complexity index is 1360. The number of nitrogens with one attached hydrogen (secondary N) is 1. The van der Waals surface area contributed by atoms with E-state index in [4.69, 9.17) is 18.9 Å². The first-order chi connectivity index (χ1) is 19.1. The third-order valence-electron chi connectivity index (χ3n) is 7.30. The van der Waals surface area contributed by atoms with Crippen LogP contribution in [0, 0.1) is 5.82 Å². The molecule has 3 aromatic rings. The number of carbonyl (C=O) groups is 2. The van der Waals surface area contributed by atoms with Crippen molar-refractivity contribution < 1.29 is 32.9 Å². The standard InChI is InChI=1S/C30H29FN2O6/c31-20-12-10-19(11-13-20)28(29(34)32-21-6-2-1-3-7-21)33(22-14-15-24-26(16-22)38-18-37-24)30(35)27-17-36-23-8-4-5-9-25(23)39-27/h4-5,8-16,21,27-28H,1-3,6-7,17-18H2,(H,32,34)/t27-,28+/m1/s1. The molecular weight excluding hydrogens is 503 g/mol. The summed E-state index contributed by atoms with van der Waals surface area (Å²) in [7, 11) is 0. The first-order valence-electron chi connectivity index (χ1n) is 13.2. The molecule has 9 heteroatoms. The fourth-order valence-corrected chi connectivity index (χ4v) is 5.32. The Hall–Kier alpha value is -4.27. The Balaban J connectivity index is 1.41. The maximum Gasteiger partial charge on any atom is 0.272 e. The first kappa shape index (κ1) is 25.0. The SMILES string of the molecule is O=C(NC1CCCCC1)[C@H](c1ccc(F)cc1)N(C(=O)[C@H]1COc2ccccc2O1)c1ccc2c(c1)OCO2. The van der Waals surface area contributed by atoms with Crippen LogP contribution in [0.15, 0.2) is 66.7 Å². The van der Waals surface area contributed by atoms with Crippen molar-refractivity contribution in [3.8, 4) is 23.0 Å². The second kappa shape index (κ2) is 10.8. The Labute approximate surface area is 225 Å². The fraction of sp³-hybridized carbons (Fsp3) is 0.333. The van der Waals surface area contributed by atoms with Gasteiger partial charge < -0.3 is 24.3 Å². The zero-order valence-corrected chi connectivity index (χ0v) is 21.3. The van der Waals surface area contributed by atoms with Crippen LogP contribution in [0.1, 0.15) is 43.7 Å². The zero-order chi connectivity index (χ0) is 26.8. The molecule has 8 nitrogen and oxygen atoms in total. The highest BCUT2D eigenvalue weighted by atomic mass is 19.1. The maximum atomic E-state index is 14.3. The van der Waals surface area contributed by atoms with Crippen molar-refractivity contribution in [3.63, 3.8) is 0 Å². The molecule has 1 saturated carbocycles. The van der Waals surface area contributed by atoms with Gasteiger partial charge in [-0.25, -0.2) is 4.39 Å². The average Bonchev–Trinajstić information content (AvgIpc) is 3.44. The second-order valence-electron chi connectivity index (χ2n) is 9.91. The summed E-state index contributed by atoms with van der Waals surface area (Å²) in [5.41, 5.74) is 0.882. The van der Waals surface area contributed by atoms with E-state index in [-0.39, 0.29) is 25.3 Å². The largest absolute Gasteiger partial charge is 0.485 e. The summed E-state index contributed by atoms with van der Waals surface area (Å²) in [6, 6.07) is 16.7. The van der Waals surface area contributed by atoms with Gasteiger partial charge in [-0.1, -0.05) is 43.5 Å². The van der Waals surface area contributed by atoms with E-state index in [2.05, 4.69) is 5.32 Å². The number of ether oxygens (including phenoxy) is 4. The molecule has 0 spiro atoms. The van der Waals surface area contributed by atoms with E-state index in [9.17, 15) is 14.0 Å². The van der Waals surface area contributed by atoms with Gasteiger partial charge in [0.25, 0.3) is 5.91 Å². The van der Waals surface area contributed by atoms with Gasteiger partial charge in [-0.15, -0.1) is 0 Å². The highest BCUT2D eigenvalue weighted by Gasteiger charge is 2.40. The predicted octanol–water partition coefficient (Wildman–Crippen LogP) is 4.92. The van der Waals surface area contributed by atoms with E-state index in [0.29, 0.717) is 34.2 Å². The summed E-state index contributed by atoms with van der Waals surface area (Å²) in [5, 5.41) is 3.15. The number of nitrogens with zero attached hydrogens (tertiary/aromatic N) is 1. The molecule has 2 heterocycles. The summed E-state index contributed by atoms with van der Waals surface area (Å²) >= 11 is 0.